The quantitative estimate of drug-likeness (QED) is 0.0551. The molecule has 0 unspecified atom stereocenters. The number of carbonyl (C=O) groups is 4. The molecule has 0 bridgehead atoms. The van der Waals surface area contributed by atoms with Crippen LogP contribution in [0.4, 0.5) is 17.6 Å². The van der Waals surface area contributed by atoms with Gasteiger partial charge in [-0.15, -0.1) is 0 Å². The van der Waals surface area contributed by atoms with Gasteiger partial charge in [-0.3, -0.25) is 38.5 Å². The number of anilines is 3. The number of primary amides is 2. The van der Waals surface area contributed by atoms with Gasteiger partial charge in [0.1, 0.15) is 40.5 Å². The minimum atomic E-state index is -0.643. The Morgan fingerprint density at radius 1 is 0.738 bits per heavy atom. The highest BCUT2D eigenvalue weighted by Gasteiger charge is 2.22. The van der Waals surface area contributed by atoms with Crippen LogP contribution in [0.3, 0.4) is 0 Å². The van der Waals surface area contributed by atoms with Crippen LogP contribution in [0.15, 0.2) is 73.1 Å². The Bertz CT molecular complexity index is 2910. The average molecular weight is 888 g/mol. The number of methoxy groups -OCH3 is 1. The number of rotatable bonds is 19. The Morgan fingerprint density at radius 2 is 1.32 bits per heavy atom. The van der Waals surface area contributed by atoms with Crippen LogP contribution in [0.25, 0.3) is 22.1 Å². The zero-order chi connectivity index (χ0) is 46.8. The van der Waals surface area contributed by atoms with E-state index in [1.165, 1.54) is 7.11 Å². The van der Waals surface area contributed by atoms with Gasteiger partial charge in [-0.2, -0.15) is 15.3 Å². The molecule has 0 saturated carbocycles. The molecule has 7 aromatic rings. The number of benzene rings is 2. The topological polar surface area (TPSA) is 264 Å². The van der Waals surface area contributed by atoms with E-state index in [-0.39, 0.29) is 30.2 Å². The van der Waals surface area contributed by atoms with Crippen LogP contribution in [-0.4, -0.2) is 100 Å². The fourth-order valence-corrected chi connectivity index (χ4v) is 7.04. The number of hydrogen-bond donors (Lipinski definition) is 5. The summed E-state index contributed by atoms with van der Waals surface area (Å²) in [6.45, 7) is 10.2. The maximum absolute atomic E-state index is 13.5. The van der Waals surface area contributed by atoms with Crippen molar-refractivity contribution in [3.05, 3.63) is 107 Å². The monoisotopic (exact) mass is 887 g/mol. The molecule has 5 aromatic heterocycles. The van der Waals surface area contributed by atoms with Crippen LogP contribution >= 0.6 is 0 Å². The molecule has 5 heterocycles. The van der Waals surface area contributed by atoms with Gasteiger partial charge in [-0.05, 0) is 70.2 Å². The molecule has 0 aliphatic heterocycles. The molecule has 7 rings (SSSR count). The maximum atomic E-state index is 13.5. The largest absolute Gasteiger partial charge is 0.494 e. The Hall–Kier alpha value is -8.23. The van der Waals surface area contributed by atoms with Gasteiger partial charge < -0.3 is 40.7 Å². The molecule has 7 N–H and O–H groups in total. The van der Waals surface area contributed by atoms with Crippen molar-refractivity contribution in [2.24, 2.45) is 11.5 Å². The van der Waals surface area contributed by atoms with Crippen LogP contribution in [0.1, 0.15) is 66.9 Å². The zero-order valence-corrected chi connectivity index (χ0v) is 37.3. The first-order chi connectivity index (χ1) is 31.3. The molecule has 0 spiro atoms. The molecule has 340 valence electrons. The summed E-state index contributed by atoms with van der Waals surface area (Å²) in [6, 6.07) is 9.81. The number of amides is 3. The number of aryl methyl sites for hydroxylation is 4. The van der Waals surface area contributed by atoms with Gasteiger partial charge in [0.05, 0.1) is 48.0 Å². The SMILES string of the molecule is CCn1nc(C)cc1C(=O)Nc1nc2cc(C(N)=O)cc(OC)c2n1C/C=C/Cn1c(NC)nc2cc(C(N)=O)cc(OC/C=C/Cn3cc(NC)cn3)c21.CCn1nc(C)cc1C=O. The minimum Gasteiger partial charge on any atom is -0.494 e. The molecule has 0 aliphatic rings. The summed E-state index contributed by atoms with van der Waals surface area (Å²) in [5.41, 5.74) is 17.4. The van der Waals surface area contributed by atoms with E-state index in [9.17, 15) is 19.2 Å². The third-order valence-corrected chi connectivity index (χ3v) is 10.1. The van der Waals surface area contributed by atoms with Crippen LogP contribution < -0.4 is 36.9 Å². The van der Waals surface area contributed by atoms with Crippen molar-refractivity contribution in [2.75, 3.05) is 43.8 Å². The number of nitrogens with one attached hydrogen (secondary N) is 3. The molecule has 2 aromatic carbocycles. The van der Waals surface area contributed by atoms with Gasteiger partial charge in [0.25, 0.3) is 5.91 Å². The zero-order valence-electron chi connectivity index (χ0n) is 37.3. The smallest absolute Gasteiger partial charge is 0.276 e. The fourth-order valence-electron chi connectivity index (χ4n) is 7.04. The van der Waals surface area contributed by atoms with Crippen LogP contribution in [0, 0.1) is 13.8 Å². The summed E-state index contributed by atoms with van der Waals surface area (Å²) in [6.07, 6.45) is 12.1. The number of fused-ring (bicyclic) bond motifs is 2. The normalized spacial score (nSPS) is 11.3. The number of allylic oxidation sites excluding steroid dienone is 3. The molecule has 65 heavy (non-hydrogen) atoms. The first-order valence-electron chi connectivity index (χ1n) is 20.7. The second-order valence-electron chi connectivity index (χ2n) is 14.5. The minimum absolute atomic E-state index is 0.211. The Labute approximate surface area is 374 Å². The third kappa shape index (κ3) is 10.5. The van der Waals surface area contributed by atoms with Gasteiger partial charge in [0.2, 0.25) is 23.7 Å². The van der Waals surface area contributed by atoms with E-state index < -0.39 is 17.7 Å². The van der Waals surface area contributed by atoms with Gasteiger partial charge >= 0.3 is 0 Å². The van der Waals surface area contributed by atoms with Crippen molar-refractivity contribution >= 4 is 63.7 Å². The van der Waals surface area contributed by atoms with Crippen LogP contribution in [-0.2, 0) is 32.7 Å². The van der Waals surface area contributed by atoms with Gasteiger partial charge in [0.15, 0.2) is 6.29 Å². The summed E-state index contributed by atoms with van der Waals surface area (Å²) in [5.74, 6) is -0.105. The van der Waals surface area contributed by atoms with E-state index in [0.717, 1.165) is 24.2 Å². The molecule has 0 atom stereocenters. The number of ether oxygens (including phenoxy) is 2. The first-order valence-corrected chi connectivity index (χ1v) is 20.7. The lowest BCUT2D eigenvalue weighted by Gasteiger charge is -2.12. The average Bonchev–Trinajstić information content (AvgIpc) is 4.14. The lowest BCUT2D eigenvalue weighted by Crippen LogP contribution is -2.20. The summed E-state index contributed by atoms with van der Waals surface area (Å²) in [7, 11) is 5.06. The summed E-state index contributed by atoms with van der Waals surface area (Å²) >= 11 is 0. The molecule has 0 radical (unpaired) electrons. The highest BCUT2D eigenvalue weighted by molar-refractivity contribution is 6.04. The molecular weight excluding hydrogens is 835 g/mol. The summed E-state index contributed by atoms with van der Waals surface area (Å²) < 4.78 is 20.6. The molecular formula is C44H53N15O6. The predicted molar refractivity (Wildman–Crippen MR) is 247 cm³/mol. The first kappa shape index (κ1) is 46.3. The molecule has 21 nitrogen and oxygen atoms in total. The Kier molecular flexibility index (Phi) is 14.8. The summed E-state index contributed by atoms with van der Waals surface area (Å²) in [5, 5.41) is 21.9. The summed E-state index contributed by atoms with van der Waals surface area (Å²) in [4.78, 5) is 57.6. The van der Waals surface area contributed by atoms with E-state index >= 15 is 0 Å². The number of imidazole rings is 2. The van der Waals surface area contributed by atoms with E-state index in [2.05, 4.69) is 36.2 Å². The van der Waals surface area contributed by atoms with Gasteiger partial charge in [0, 0.05) is 57.6 Å². The van der Waals surface area contributed by atoms with Crippen LogP contribution in [0.5, 0.6) is 11.5 Å². The Balaban J connectivity index is 0.000000618. The fraction of sp³-hybridized carbons (Fsp3) is 0.295. The Morgan fingerprint density at radius 3 is 1.89 bits per heavy atom. The lowest BCUT2D eigenvalue weighted by atomic mass is 10.1. The number of hydrogen-bond acceptors (Lipinski definition) is 13. The highest BCUT2D eigenvalue weighted by Crippen LogP contribution is 2.33. The molecule has 0 aliphatic carbocycles. The van der Waals surface area contributed by atoms with E-state index in [1.807, 2.05) is 69.8 Å². The number of nitrogens with zero attached hydrogens (tertiary/aromatic N) is 10. The van der Waals surface area contributed by atoms with Crippen molar-refractivity contribution < 1.29 is 28.7 Å². The van der Waals surface area contributed by atoms with Crippen molar-refractivity contribution in [3.8, 4) is 11.5 Å². The van der Waals surface area contributed by atoms with Crippen molar-refractivity contribution in [1.82, 2.24) is 48.4 Å². The maximum Gasteiger partial charge on any atom is 0.276 e. The number of carbonyl (C=O) groups excluding carboxylic acids is 4. The van der Waals surface area contributed by atoms with Gasteiger partial charge in [-0.25, -0.2) is 9.97 Å². The van der Waals surface area contributed by atoms with Crippen LogP contribution in [0.2, 0.25) is 0 Å². The van der Waals surface area contributed by atoms with E-state index in [0.29, 0.717) is 76.2 Å². The molecule has 21 heteroatoms. The van der Waals surface area contributed by atoms with Crippen molar-refractivity contribution in [3.63, 3.8) is 0 Å². The van der Waals surface area contributed by atoms with E-state index in [4.69, 9.17) is 25.9 Å². The van der Waals surface area contributed by atoms with Crippen molar-refractivity contribution in [2.45, 2.75) is 60.4 Å². The molecule has 0 fully saturated rings. The number of aromatic nitrogens is 10. The number of aldehydes is 1. The van der Waals surface area contributed by atoms with Gasteiger partial charge in [-0.1, -0.05) is 18.2 Å². The standard InChI is InChI=1S/C37H43N13O5.C7H10N2O/c1-6-50-28(15-22(2)46-50)35(53)45-37-44-26-16-23(33(38)51)18-29(54-5)31(26)49(37)13-8-7-12-48-32-27(43-36(48)41-4)17-24(34(39)52)19-30(32)55-14-10-9-11-47-21-25(40-3)20-42-47;1-3-9-7(5-10)4-6(2)8-9/h7-10,15-21,40H,6,11-14H2,1-5H3,(H2,38,51)(H2,39,52)(H,41,43)(H,44,45,53);4-5H,3H2,1-2H3/b8-7+,10-9+;. The predicted octanol–water partition coefficient (Wildman–Crippen LogP) is 4.56. The number of nitrogens with two attached hydrogens (primary N) is 2. The lowest BCUT2D eigenvalue weighted by molar-refractivity contribution is 0.0991. The second-order valence-corrected chi connectivity index (χ2v) is 14.5. The molecule has 0 saturated heterocycles. The second kappa shape index (κ2) is 20.8. The van der Waals surface area contributed by atoms with Crippen molar-refractivity contribution in [1.29, 1.82) is 0 Å². The highest BCUT2D eigenvalue weighted by atomic mass is 16.5. The van der Waals surface area contributed by atoms with E-state index in [1.54, 1.807) is 68.3 Å². The molecule has 3 amide bonds. The third-order valence-electron chi connectivity index (χ3n) is 10.1.